The van der Waals surface area contributed by atoms with Gasteiger partial charge in [-0.15, -0.1) is 0 Å². The highest BCUT2D eigenvalue weighted by molar-refractivity contribution is 5.53. The fraction of sp³-hybridized carbons (Fsp3) is 0.143. The van der Waals surface area contributed by atoms with E-state index >= 15 is 0 Å². The number of hydrogen-bond acceptors (Lipinski definition) is 2. The van der Waals surface area contributed by atoms with Crippen LogP contribution in [0.15, 0.2) is 18.3 Å². The number of pyridine rings is 1. The Kier molecular flexibility index (Phi) is 2.10. The second kappa shape index (κ2) is 3.06. The van der Waals surface area contributed by atoms with Gasteiger partial charge in [0.25, 0.3) is 0 Å². The lowest BCUT2D eigenvalue weighted by Gasteiger charge is -1.93. The Morgan fingerprint density at radius 2 is 2.50 bits per heavy atom. The quantitative estimate of drug-likeness (QED) is 0.571. The molecule has 10 heavy (non-hydrogen) atoms. The number of halogens is 1. The highest BCUT2D eigenvalue weighted by atomic mass is 19.1. The summed E-state index contributed by atoms with van der Waals surface area (Å²) in [5.41, 5.74) is 0.206. The van der Waals surface area contributed by atoms with Gasteiger partial charge in [0.05, 0.1) is 5.69 Å². The van der Waals surface area contributed by atoms with Crippen LogP contribution in [0.3, 0.4) is 0 Å². The molecule has 0 aromatic carbocycles. The van der Waals surface area contributed by atoms with E-state index in [9.17, 15) is 9.18 Å². The minimum atomic E-state index is -0.422. The molecule has 1 rings (SSSR count). The molecule has 1 heterocycles. The maximum atomic E-state index is 12.6. The molecule has 0 bridgehead atoms. The van der Waals surface area contributed by atoms with Gasteiger partial charge in [0.2, 0.25) is 0 Å². The van der Waals surface area contributed by atoms with Gasteiger partial charge in [-0.2, -0.15) is 0 Å². The molecule has 1 aromatic rings. The summed E-state index contributed by atoms with van der Waals surface area (Å²) in [6.45, 7) is 0. The predicted octanol–water partition coefficient (Wildman–Crippen LogP) is 0.962. The van der Waals surface area contributed by atoms with Crippen LogP contribution in [0.25, 0.3) is 0 Å². The molecule has 0 aliphatic carbocycles. The molecule has 0 unspecified atom stereocenters. The molecule has 0 atom stereocenters. The van der Waals surface area contributed by atoms with Crippen LogP contribution in [0.5, 0.6) is 0 Å². The van der Waals surface area contributed by atoms with Crippen LogP contribution in [0, 0.1) is 5.82 Å². The Hall–Kier alpha value is -1.25. The van der Waals surface area contributed by atoms with Crippen molar-refractivity contribution in [3.8, 4) is 0 Å². The fourth-order valence-electron chi connectivity index (χ4n) is 0.648. The molecular formula is C7H6FNO. The van der Waals surface area contributed by atoms with E-state index in [2.05, 4.69) is 4.98 Å². The van der Waals surface area contributed by atoms with Gasteiger partial charge in [0.1, 0.15) is 12.1 Å². The van der Waals surface area contributed by atoms with E-state index in [1.807, 2.05) is 0 Å². The molecule has 1 aromatic heterocycles. The van der Waals surface area contributed by atoms with E-state index in [4.69, 9.17) is 0 Å². The summed E-state index contributed by atoms with van der Waals surface area (Å²) < 4.78 is 12.6. The van der Waals surface area contributed by atoms with Crippen molar-refractivity contribution in [2.45, 2.75) is 6.42 Å². The summed E-state index contributed by atoms with van der Waals surface area (Å²) in [6, 6.07) is 2.77. The zero-order valence-electron chi connectivity index (χ0n) is 5.25. The molecule has 0 N–H and O–H groups in total. The number of hydrogen-bond donors (Lipinski definition) is 0. The third kappa shape index (κ3) is 1.37. The van der Waals surface area contributed by atoms with Gasteiger partial charge in [-0.1, -0.05) is 0 Å². The van der Waals surface area contributed by atoms with E-state index < -0.39 is 5.82 Å². The Labute approximate surface area is 57.7 Å². The van der Waals surface area contributed by atoms with E-state index in [1.54, 1.807) is 0 Å². The van der Waals surface area contributed by atoms with Crippen LogP contribution in [-0.4, -0.2) is 11.3 Å². The van der Waals surface area contributed by atoms with Crippen molar-refractivity contribution < 1.29 is 9.18 Å². The van der Waals surface area contributed by atoms with Crippen molar-refractivity contribution in [1.29, 1.82) is 0 Å². The Balaban J connectivity index is 2.91. The van der Waals surface area contributed by atoms with Crippen LogP contribution < -0.4 is 0 Å². The lowest BCUT2D eigenvalue weighted by Crippen LogP contribution is -1.94. The van der Waals surface area contributed by atoms with E-state index in [1.165, 1.54) is 18.3 Å². The molecule has 0 amide bonds. The largest absolute Gasteiger partial charge is 0.303 e. The van der Waals surface area contributed by atoms with Crippen molar-refractivity contribution in [2.24, 2.45) is 0 Å². The first-order chi connectivity index (χ1) is 4.84. The smallest absolute Gasteiger partial charge is 0.145 e. The topological polar surface area (TPSA) is 30.0 Å². The molecule has 0 saturated heterocycles. The lowest BCUT2D eigenvalue weighted by molar-refractivity contribution is -0.107. The number of nitrogens with zero attached hydrogens (tertiary/aromatic N) is 1. The maximum absolute atomic E-state index is 12.6. The predicted molar refractivity (Wildman–Crippen MR) is 34.0 cm³/mol. The number of carbonyl (C=O) groups excluding carboxylic acids is 1. The van der Waals surface area contributed by atoms with Crippen molar-refractivity contribution in [3.63, 3.8) is 0 Å². The van der Waals surface area contributed by atoms with Crippen molar-refractivity contribution in [3.05, 3.63) is 29.8 Å². The van der Waals surface area contributed by atoms with Gasteiger partial charge in [0.15, 0.2) is 0 Å². The van der Waals surface area contributed by atoms with Crippen molar-refractivity contribution >= 4 is 6.29 Å². The summed E-state index contributed by atoms with van der Waals surface area (Å²) in [5.74, 6) is -0.422. The average Bonchev–Trinajstić information content (AvgIpc) is 1.94. The number of aldehydes is 1. The summed E-state index contributed by atoms with van der Waals surface area (Å²) in [6.07, 6.45) is 2.14. The van der Waals surface area contributed by atoms with Gasteiger partial charge < -0.3 is 4.79 Å². The van der Waals surface area contributed by atoms with Crippen LogP contribution in [0.1, 0.15) is 5.69 Å². The first-order valence-electron chi connectivity index (χ1n) is 2.87. The number of carbonyl (C=O) groups is 1. The van der Waals surface area contributed by atoms with Crippen LogP contribution in [-0.2, 0) is 11.2 Å². The zero-order chi connectivity index (χ0) is 7.40. The zero-order valence-corrected chi connectivity index (χ0v) is 5.25. The Morgan fingerprint density at radius 3 is 3.10 bits per heavy atom. The summed E-state index contributed by atoms with van der Waals surface area (Å²) in [5, 5.41) is 0. The highest BCUT2D eigenvalue weighted by Crippen LogP contribution is 2.00. The molecule has 2 nitrogen and oxygen atoms in total. The molecule has 52 valence electrons. The third-order valence-electron chi connectivity index (χ3n) is 1.11. The molecule has 0 fully saturated rings. The fourth-order valence-corrected chi connectivity index (χ4v) is 0.648. The van der Waals surface area contributed by atoms with Gasteiger partial charge in [-0.05, 0) is 12.1 Å². The number of rotatable bonds is 2. The van der Waals surface area contributed by atoms with Gasteiger partial charge in [-0.3, -0.25) is 4.98 Å². The molecule has 0 aliphatic rings. The normalized spacial score (nSPS) is 9.30. The molecule has 0 saturated carbocycles. The van der Waals surface area contributed by atoms with Crippen LogP contribution in [0.4, 0.5) is 4.39 Å². The van der Waals surface area contributed by atoms with Crippen molar-refractivity contribution in [2.75, 3.05) is 0 Å². The molecule has 0 radical (unpaired) electrons. The van der Waals surface area contributed by atoms with E-state index in [0.717, 1.165) is 0 Å². The van der Waals surface area contributed by atoms with Crippen LogP contribution >= 0.6 is 0 Å². The molecule has 0 spiro atoms. The van der Waals surface area contributed by atoms with Gasteiger partial charge in [-0.25, -0.2) is 4.39 Å². The summed E-state index contributed by atoms with van der Waals surface area (Å²) >= 11 is 0. The molecular weight excluding hydrogens is 133 g/mol. The number of aromatic nitrogens is 1. The minimum Gasteiger partial charge on any atom is -0.303 e. The van der Waals surface area contributed by atoms with E-state index in [-0.39, 0.29) is 12.1 Å². The SMILES string of the molecule is O=CCc1ncccc1F. The molecule has 0 aliphatic heterocycles. The Morgan fingerprint density at radius 1 is 1.70 bits per heavy atom. The lowest BCUT2D eigenvalue weighted by atomic mass is 10.3. The second-order valence-electron chi connectivity index (χ2n) is 1.80. The van der Waals surface area contributed by atoms with E-state index in [0.29, 0.717) is 6.29 Å². The summed E-state index contributed by atoms with van der Waals surface area (Å²) in [7, 11) is 0. The average molecular weight is 139 g/mol. The molecule has 3 heteroatoms. The van der Waals surface area contributed by atoms with Crippen molar-refractivity contribution in [1.82, 2.24) is 4.98 Å². The third-order valence-corrected chi connectivity index (χ3v) is 1.11. The standard InChI is InChI=1S/C7H6FNO/c8-6-2-1-4-9-7(6)3-5-10/h1-2,4-5H,3H2. The first-order valence-corrected chi connectivity index (χ1v) is 2.87. The summed E-state index contributed by atoms with van der Waals surface area (Å²) in [4.78, 5) is 13.6. The first kappa shape index (κ1) is 6.86. The van der Waals surface area contributed by atoms with Gasteiger partial charge >= 0.3 is 0 Å². The second-order valence-corrected chi connectivity index (χ2v) is 1.80. The highest BCUT2D eigenvalue weighted by Gasteiger charge is 1.98. The minimum absolute atomic E-state index is 0.0483. The maximum Gasteiger partial charge on any atom is 0.145 e. The van der Waals surface area contributed by atoms with Gasteiger partial charge in [0, 0.05) is 12.6 Å². The van der Waals surface area contributed by atoms with Crippen LogP contribution in [0.2, 0.25) is 0 Å². The monoisotopic (exact) mass is 139 g/mol. The Bertz CT molecular complexity index is 237.